The third-order valence-corrected chi connectivity index (χ3v) is 5.42. The molecular weight excluding hydrogens is 338 g/mol. The maximum Gasteiger partial charge on any atom is 0.242 e. The topological polar surface area (TPSA) is 99.8 Å². The Kier molecular flexibility index (Phi) is 5.80. The molecule has 2 amide bonds. The van der Waals surface area contributed by atoms with Crippen LogP contribution in [0.4, 0.5) is 0 Å². The van der Waals surface area contributed by atoms with E-state index in [1.807, 2.05) is 0 Å². The molecular formula is C17H23N5O2S. The fourth-order valence-corrected chi connectivity index (χ4v) is 4.16. The van der Waals surface area contributed by atoms with Gasteiger partial charge in [0.2, 0.25) is 11.8 Å². The van der Waals surface area contributed by atoms with Gasteiger partial charge in [-0.15, -0.1) is 11.3 Å². The van der Waals surface area contributed by atoms with E-state index in [1.165, 1.54) is 30.3 Å². The lowest BCUT2D eigenvalue weighted by molar-refractivity contribution is -0.128. The number of aromatic amines is 1. The van der Waals surface area contributed by atoms with E-state index in [4.69, 9.17) is 0 Å². The van der Waals surface area contributed by atoms with Crippen LogP contribution in [0.3, 0.4) is 0 Å². The zero-order valence-electron chi connectivity index (χ0n) is 14.3. The third-order valence-electron chi connectivity index (χ3n) is 4.20. The SMILES string of the molecule is CC(=O)N[C@@H](Cc1cnc[nH]1)C(=O)NCCc1nc2c(s1)CCCC2. The van der Waals surface area contributed by atoms with Gasteiger partial charge in [0.1, 0.15) is 6.04 Å². The number of amides is 2. The zero-order valence-corrected chi connectivity index (χ0v) is 15.1. The highest BCUT2D eigenvalue weighted by molar-refractivity contribution is 7.11. The van der Waals surface area contributed by atoms with Gasteiger partial charge in [-0.25, -0.2) is 9.97 Å². The molecule has 0 aliphatic heterocycles. The lowest BCUT2D eigenvalue weighted by atomic mass is 10.0. The van der Waals surface area contributed by atoms with Gasteiger partial charge in [-0.1, -0.05) is 0 Å². The summed E-state index contributed by atoms with van der Waals surface area (Å²) in [6.45, 7) is 1.93. The van der Waals surface area contributed by atoms with Crippen molar-refractivity contribution in [1.82, 2.24) is 25.6 Å². The number of rotatable bonds is 7. The van der Waals surface area contributed by atoms with Gasteiger partial charge in [0.25, 0.3) is 0 Å². The molecule has 25 heavy (non-hydrogen) atoms. The van der Waals surface area contributed by atoms with Crippen LogP contribution in [0, 0.1) is 0 Å². The van der Waals surface area contributed by atoms with Gasteiger partial charge >= 0.3 is 0 Å². The van der Waals surface area contributed by atoms with Gasteiger partial charge < -0.3 is 15.6 Å². The van der Waals surface area contributed by atoms with Crippen molar-refractivity contribution in [1.29, 1.82) is 0 Å². The van der Waals surface area contributed by atoms with Crippen LogP contribution in [0.1, 0.15) is 41.0 Å². The van der Waals surface area contributed by atoms with Gasteiger partial charge in [-0.05, 0) is 25.7 Å². The van der Waals surface area contributed by atoms with Gasteiger partial charge in [0, 0.05) is 43.1 Å². The molecule has 3 rings (SSSR count). The number of carbonyl (C=O) groups excluding carboxylic acids is 2. The lowest BCUT2D eigenvalue weighted by Crippen LogP contribution is -2.47. The van der Waals surface area contributed by atoms with Crippen molar-refractivity contribution in [3.05, 3.63) is 33.8 Å². The van der Waals surface area contributed by atoms with Crippen LogP contribution < -0.4 is 10.6 Å². The number of hydrogen-bond acceptors (Lipinski definition) is 5. The van der Waals surface area contributed by atoms with Gasteiger partial charge in [-0.2, -0.15) is 0 Å². The molecule has 1 aliphatic rings. The molecule has 7 nitrogen and oxygen atoms in total. The van der Waals surface area contributed by atoms with E-state index < -0.39 is 6.04 Å². The van der Waals surface area contributed by atoms with Crippen molar-refractivity contribution in [3.8, 4) is 0 Å². The second-order valence-corrected chi connectivity index (χ2v) is 7.43. The van der Waals surface area contributed by atoms with Crippen molar-refractivity contribution in [2.75, 3.05) is 6.54 Å². The first kappa shape index (κ1) is 17.6. The average Bonchev–Trinajstić information content (AvgIpc) is 3.22. The Labute approximate surface area is 150 Å². The molecule has 0 unspecified atom stereocenters. The Hall–Kier alpha value is -2.22. The van der Waals surface area contributed by atoms with E-state index in [2.05, 4.69) is 25.6 Å². The van der Waals surface area contributed by atoms with E-state index in [-0.39, 0.29) is 11.8 Å². The summed E-state index contributed by atoms with van der Waals surface area (Å²) in [7, 11) is 0. The highest BCUT2D eigenvalue weighted by Gasteiger charge is 2.21. The smallest absolute Gasteiger partial charge is 0.242 e. The molecule has 0 fully saturated rings. The number of aromatic nitrogens is 3. The van der Waals surface area contributed by atoms with E-state index in [0.29, 0.717) is 13.0 Å². The normalized spacial score (nSPS) is 14.6. The molecule has 134 valence electrons. The predicted octanol–water partition coefficient (Wildman–Crippen LogP) is 1.15. The van der Waals surface area contributed by atoms with Crippen molar-refractivity contribution in [2.45, 2.75) is 51.5 Å². The van der Waals surface area contributed by atoms with E-state index >= 15 is 0 Å². The predicted molar refractivity (Wildman–Crippen MR) is 95.4 cm³/mol. The first-order chi connectivity index (χ1) is 12.1. The number of nitrogens with zero attached hydrogens (tertiary/aromatic N) is 2. The molecule has 8 heteroatoms. The summed E-state index contributed by atoms with van der Waals surface area (Å²) in [6.07, 6.45) is 9.00. The molecule has 0 bridgehead atoms. The summed E-state index contributed by atoms with van der Waals surface area (Å²) in [4.78, 5) is 36.8. The van der Waals surface area contributed by atoms with Crippen LogP contribution in [0.5, 0.6) is 0 Å². The second kappa shape index (κ2) is 8.24. The quantitative estimate of drug-likeness (QED) is 0.689. The fourth-order valence-electron chi connectivity index (χ4n) is 3.00. The van der Waals surface area contributed by atoms with Crippen LogP contribution >= 0.6 is 11.3 Å². The first-order valence-electron chi connectivity index (χ1n) is 8.61. The van der Waals surface area contributed by atoms with E-state index in [1.54, 1.807) is 23.9 Å². The van der Waals surface area contributed by atoms with Crippen LogP contribution in [0.2, 0.25) is 0 Å². The summed E-state index contributed by atoms with van der Waals surface area (Å²) in [6, 6.07) is -0.609. The number of aryl methyl sites for hydroxylation is 2. The molecule has 2 aromatic rings. The maximum atomic E-state index is 12.4. The summed E-state index contributed by atoms with van der Waals surface area (Å²) in [5, 5.41) is 6.68. The molecule has 0 spiro atoms. The summed E-state index contributed by atoms with van der Waals surface area (Å²) < 4.78 is 0. The average molecular weight is 361 g/mol. The van der Waals surface area contributed by atoms with Crippen molar-refractivity contribution in [3.63, 3.8) is 0 Å². The molecule has 1 aliphatic carbocycles. The standard InChI is InChI=1S/C17H23N5O2S/c1-11(23)21-14(8-12-9-18-10-20-12)17(24)19-7-6-16-22-13-4-2-3-5-15(13)25-16/h9-10,14H,2-8H2,1H3,(H,18,20)(H,19,24)(H,21,23)/t14-/m0/s1. The zero-order chi connectivity index (χ0) is 17.6. The number of carbonyl (C=O) groups is 2. The van der Waals surface area contributed by atoms with Crippen molar-refractivity contribution < 1.29 is 9.59 Å². The van der Waals surface area contributed by atoms with Crippen molar-refractivity contribution in [2.24, 2.45) is 0 Å². The lowest BCUT2D eigenvalue weighted by Gasteiger charge is -2.16. The molecule has 0 saturated heterocycles. The Balaban J connectivity index is 1.52. The molecule has 2 heterocycles. The van der Waals surface area contributed by atoms with Crippen LogP contribution in [0.15, 0.2) is 12.5 Å². The highest BCUT2D eigenvalue weighted by atomic mass is 32.1. The minimum Gasteiger partial charge on any atom is -0.354 e. The molecule has 3 N–H and O–H groups in total. The van der Waals surface area contributed by atoms with Crippen LogP contribution in [-0.4, -0.2) is 39.4 Å². The number of H-pyrrole nitrogens is 1. The molecule has 1 atom stereocenters. The largest absolute Gasteiger partial charge is 0.354 e. The first-order valence-corrected chi connectivity index (χ1v) is 9.43. The maximum absolute atomic E-state index is 12.4. The Morgan fingerprint density at radius 3 is 2.92 bits per heavy atom. The number of imidazole rings is 1. The molecule has 0 aromatic carbocycles. The van der Waals surface area contributed by atoms with Crippen LogP contribution in [0.25, 0.3) is 0 Å². The highest BCUT2D eigenvalue weighted by Crippen LogP contribution is 2.26. The minimum atomic E-state index is -0.609. The summed E-state index contributed by atoms with van der Waals surface area (Å²) >= 11 is 1.76. The van der Waals surface area contributed by atoms with E-state index in [9.17, 15) is 9.59 Å². The monoisotopic (exact) mass is 361 g/mol. The van der Waals surface area contributed by atoms with Crippen molar-refractivity contribution >= 4 is 23.2 Å². The Morgan fingerprint density at radius 1 is 1.36 bits per heavy atom. The van der Waals surface area contributed by atoms with Gasteiger partial charge in [0.15, 0.2) is 0 Å². The van der Waals surface area contributed by atoms with Crippen LogP contribution in [-0.2, 0) is 35.3 Å². The number of hydrogen-bond donors (Lipinski definition) is 3. The fraction of sp³-hybridized carbons (Fsp3) is 0.529. The van der Waals surface area contributed by atoms with Gasteiger partial charge in [-0.3, -0.25) is 9.59 Å². The minimum absolute atomic E-state index is 0.189. The van der Waals surface area contributed by atoms with Gasteiger partial charge in [0.05, 0.1) is 17.0 Å². The summed E-state index contributed by atoms with van der Waals surface area (Å²) in [5.41, 5.74) is 2.05. The molecule has 0 saturated carbocycles. The molecule has 2 aromatic heterocycles. The number of fused-ring (bicyclic) bond motifs is 1. The third kappa shape index (κ3) is 4.88. The Morgan fingerprint density at radius 2 is 2.20 bits per heavy atom. The molecule has 0 radical (unpaired) electrons. The summed E-state index contributed by atoms with van der Waals surface area (Å²) in [5.74, 6) is -0.418. The number of nitrogens with one attached hydrogen (secondary N) is 3. The Bertz CT molecular complexity index is 702. The number of thiazole rings is 1. The van der Waals surface area contributed by atoms with E-state index in [0.717, 1.165) is 30.0 Å². The second-order valence-electron chi connectivity index (χ2n) is 6.26.